The van der Waals surface area contributed by atoms with E-state index in [0.717, 1.165) is 44.9 Å². The van der Waals surface area contributed by atoms with Crippen LogP contribution in [-0.4, -0.2) is 22.3 Å². The minimum absolute atomic E-state index is 0.0567. The molecule has 26 heavy (non-hydrogen) atoms. The molecular formula is C23H28O3. The fraction of sp³-hybridized carbons (Fsp3) is 0.522. The summed E-state index contributed by atoms with van der Waals surface area (Å²) in [7, 11) is 0. The van der Waals surface area contributed by atoms with Crippen LogP contribution in [0.3, 0.4) is 0 Å². The van der Waals surface area contributed by atoms with Crippen LogP contribution in [0.1, 0.15) is 71.1 Å². The van der Waals surface area contributed by atoms with Gasteiger partial charge in [-0.15, -0.1) is 0 Å². The maximum atomic E-state index is 10.3. The second kappa shape index (κ2) is 18.7. The van der Waals surface area contributed by atoms with E-state index in [-0.39, 0.29) is 6.42 Å². The number of hydrogen-bond acceptors (Lipinski definition) is 2. The number of carboxylic acids is 1. The van der Waals surface area contributed by atoms with Gasteiger partial charge in [-0.05, 0) is 61.9 Å². The summed E-state index contributed by atoms with van der Waals surface area (Å²) in [6.07, 6.45) is 11.4. The van der Waals surface area contributed by atoms with Crippen LogP contribution in [0.15, 0.2) is 12.2 Å². The van der Waals surface area contributed by atoms with Crippen molar-refractivity contribution in [3.05, 3.63) is 12.2 Å². The van der Waals surface area contributed by atoms with Crippen molar-refractivity contribution in [1.29, 1.82) is 0 Å². The smallest absolute Gasteiger partial charge is 0.304 e. The molecule has 0 radical (unpaired) electrons. The molecular weight excluding hydrogens is 324 g/mol. The van der Waals surface area contributed by atoms with E-state index in [0.29, 0.717) is 12.8 Å². The SMILES string of the molecule is CCCC#CC#C[C@@H](O)CCCCCC/C=C/C#CC#CCCC(=O)O. The normalized spacial score (nSPS) is 10.2. The number of carbonyl (C=O) groups is 1. The molecule has 0 amide bonds. The molecule has 0 unspecified atom stereocenters. The van der Waals surface area contributed by atoms with Gasteiger partial charge in [-0.25, -0.2) is 0 Å². The van der Waals surface area contributed by atoms with E-state index in [1.165, 1.54) is 0 Å². The predicted octanol–water partition coefficient (Wildman–Crippen LogP) is 3.92. The first-order valence-corrected chi connectivity index (χ1v) is 9.18. The molecule has 2 N–H and O–H groups in total. The van der Waals surface area contributed by atoms with E-state index in [9.17, 15) is 9.90 Å². The fourth-order valence-corrected chi connectivity index (χ4v) is 1.87. The lowest BCUT2D eigenvalue weighted by molar-refractivity contribution is -0.136. The highest BCUT2D eigenvalue weighted by Crippen LogP contribution is 2.07. The third-order valence-corrected chi connectivity index (χ3v) is 3.25. The number of aliphatic carboxylic acids is 1. The highest BCUT2D eigenvalue weighted by Gasteiger charge is 1.98. The van der Waals surface area contributed by atoms with Crippen LogP contribution in [0.4, 0.5) is 0 Å². The van der Waals surface area contributed by atoms with Gasteiger partial charge in [0.05, 0.1) is 6.42 Å². The second-order valence-electron chi connectivity index (χ2n) is 5.70. The van der Waals surface area contributed by atoms with Gasteiger partial charge in [0.25, 0.3) is 0 Å². The van der Waals surface area contributed by atoms with Gasteiger partial charge in [0.2, 0.25) is 0 Å². The first kappa shape index (κ1) is 23.4. The number of unbranched alkanes of at least 4 members (excludes halogenated alkanes) is 5. The van der Waals surface area contributed by atoms with Crippen molar-refractivity contribution in [1.82, 2.24) is 0 Å². The fourth-order valence-electron chi connectivity index (χ4n) is 1.87. The molecule has 1 atom stereocenters. The Morgan fingerprint density at radius 3 is 2.50 bits per heavy atom. The van der Waals surface area contributed by atoms with Crippen molar-refractivity contribution in [3.8, 4) is 47.4 Å². The van der Waals surface area contributed by atoms with Crippen LogP contribution in [-0.2, 0) is 4.79 Å². The molecule has 0 aromatic heterocycles. The van der Waals surface area contributed by atoms with Crippen LogP contribution in [0.5, 0.6) is 0 Å². The molecule has 0 aliphatic heterocycles. The van der Waals surface area contributed by atoms with Gasteiger partial charge in [-0.1, -0.05) is 49.5 Å². The summed E-state index contributed by atoms with van der Waals surface area (Å²) in [6.45, 7) is 2.07. The second-order valence-corrected chi connectivity index (χ2v) is 5.70. The standard InChI is InChI=1S/C23H28O3/c1-2-3-4-13-16-19-22(24)20-17-14-11-9-7-5-6-8-10-12-15-18-21-23(25)26/h5-6,22,24H,2-3,7,9,11,14,17-18,20-21H2,1H3,(H,25,26)/b6-5+/t22-/m1/s1. The number of aliphatic hydroxyl groups is 1. The Bertz CT molecular complexity index is 657. The molecule has 3 nitrogen and oxygen atoms in total. The number of aliphatic hydroxyl groups excluding tert-OH is 1. The van der Waals surface area contributed by atoms with Crippen LogP contribution in [0, 0.1) is 47.4 Å². The maximum Gasteiger partial charge on any atom is 0.304 e. The molecule has 0 aliphatic rings. The Kier molecular flexibility index (Phi) is 16.9. The average Bonchev–Trinajstić information content (AvgIpc) is 2.61. The molecule has 0 aromatic rings. The third-order valence-electron chi connectivity index (χ3n) is 3.25. The zero-order chi connectivity index (χ0) is 19.3. The molecule has 0 aromatic carbocycles. The zero-order valence-corrected chi connectivity index (χ0v) is 15.6. The monoisotopic (exact) mass is 352 g/mol. The number of allylic oxidation sites excluding steroid dienone is 2. The Balaban J connectivity index is 3.62. The van der Waals surface area contributed by atoms with Crippen molar-refractivity contribution in [3.63, 3.8) is 0 Å². The van der Waals surface area contributed by atoms with Crippen LogP contribution in [0.25, 0.3) is 0 Å². The maximum absolute atomic E-state index is 10.3. The Hall–Kier alpha value is -2.59. The number of hydrogen-bond donors (Lipinski definition) is 2. The summed E-state index contributed by atoms with van der Waals surface area (Å²) in [5.41, 5.74) is 0. The quantitative estimate of drug-likeness (QED) is 0.463. The van der Waals surface area contributed by atoms with Crippen molar-refractivity contribution >= 4 is 5.97 Å². The number of rotatable bonds is 10. The predicted molar refractivity (Wildman–Crippen MR) is 106 cm³/mol. The molecule has 3 heteroatoms. The number of carboxylic acid groups (broad SMARTS) is 1. The highest BCUT2D eigenvalue weighted by atomic mass is 16.4. The summed E-state index contributed by atoms with van der Waals surface area (Å²) in [4.78, 5) is 10.3. The molecule has 0 aliphatic carbocycles. The average molecular weight is 352 g/mol. The largest absolute Gasteiger partial charge is 0.481 e. The molecule has 0 saturated carbocycles. The lowest BCUT2D eigenvalue weighted by atomic mass is 10.1. The van der Waals surface area contributed by atoms with Crippen LogP contribution >= 0.6 is 0 Å². The van der Waals surface area contributed by atoms with Crippen molar-refractivity contribution in [2.75, 3.05) is 0 Å². The Morgan fingerprint density at radius 2 is 1.73 bits per heavy atom. The summed E-state index contributed by atoms with van der Waals surface area (Å²) >= 11 is 0. The van der Waals surface area contributed by atoms with Gasteiger partial charge >= 0.3 is 5.97 Å². The summed E-state index contributed by atoms with van der Waals surface area (Å²) in [5, 5.41) is 18.1. The molecule has 0 heterocycles. The van der Waals surface area contributed by atoms with Crippen molar-refractivity contribution < 1.29 is 15.0 Å². The Morgan fingerprint density at radius 1 is 1.00 bits per heavy atom. The Labute approximate surface area is 158 Å². The van der Waals surface area contributed by atoms with Gasteiger partial charge in [-0.2, -0.15) is 0 Å². The molecule has 138 valence electrons. The zero-order valence-electron chi connectivity index (χ0n) is 15.6. The molecule has 0 spiro atoms. The van der Waals surface area contributed by atoms with Gasteiger partial charge < -0.3 is 10.2 Å². The first-order valence-electron chi connectivity index (χ1n) is 9.18. The summed E-state index contributed by atoms with van der Waals surface area (Å²) in [5.74, 6) is 21.1. The lowest BCUT2D eigenvalue weighted by Gasteiger charge is -2.02. The van der Waals surface area contributed by atoms with Crippen LogP contribution in [0.2, 0.25) is 0 Å². The summed E-state index contributed by atoms with van der Waals surface area (Å²) in [6, 6.07) is 0. The van der Waals surface area contributed by atoms with E-state index in [1.54, 1.807) is 6.08 Å². The van der Waals surface area contributed by atoms with Gasteiger partial charge in [-0.3, -0.25) is 4.79 Å². The minimum atomic E-state index is -0.841. The summed E-state index contributed by atoms with van der Waals surface area (Å²) < 4.78 is 0. The van der Waals surface area contributed by atoms with Gasteiger partial charge in [0, 0.05) is 12.8 Å². The minimum Gasteiger partial charge on any atom is -0.481 e. The topological polar surface area (TPSA) is 57.5 Å². The first-order chi connectivity index (χ1) is 12.7. The van der Waals surface area contributed by atoms with Crippen LogP contribution < -0.4 is 0 Å². The van der Waals surface area contributed by atoms with E-state index in [2.05, 4.69) is 54.3 Å². The van der Waals surface area contributed by atoms with E-state index >= 15 is 0 Å². The van der Waals surface area contributed by atoms with E-state index in [1.807, 2.05) is 6.08 Å². The third kappa shape index (κ3) is 19.5. The molecule has 0 saturated heterocycles. The highest BCUT2D eigenvalue weighted by molar-refractivity contribution is 5.67. The molecule has 0 rings (SSSR count). The van der Waals surface area contributed by atoms with Crippen molar-refractivity contribution in [2.24, 2.45) is 0 Å². The van der Waals surface area contributed by atoms with Gasteiger partial charge in [0.1, 0.15) is 6.10 Å². The molecule has 0 bridgehead atoms. The molecule has 0 fully saturated rings. The van der Waals surface area contributed by atoms with E-state index in [4.69, 9.17) is 5.11 Å². The lowest BCUT2D eigenvalue weighted by Crippen LogP contribution is -2.01. The van der Waals surface area contributed by atoms with Crippen molar-refractivity contribution in [2.45, 2.75) is 77.2 Å². The van der Waals surface area contributed by atoms with Gasteiger partial charge in [0.15, 0.2) is 0 Å². The van der Waals surface area contributed by atoms with E-state index < -0.39 is 12.1 Å².